The Balaban J connectivity index is 1.49. The highest BCUT2D eigenvalue weighted by atomic mass is 19.3. The number of nitrogens with zero attached hydrogens (tertiary/aromatic N) is 4. The zero-order valence-corrected chi connectivity index (χ0v) is 17.1. The summed E-state index contributed by atoms with van der Waals surface area (Å²) < 4.78 is 46.6. The molecule has 1 aliphatic rings. The smallest absolute Gasteiger partial charge is 0.280 e. The van der Waals surface area contributed by atoms with E-state index in [-0.39, 0.29) is 30.0 Å². The SMILES string of the molecule is Cc1cc(C(F)F)n(CC(=O)N2CCCC[C@H]2c2ncc(Cc3ccc(F)cc3)o2)n1. The lowest BCUT2D eigenvalue weighted by molar-refractivity contribution is -0.136. The van der Waals surface area contributed by atoms with Crippen molar-refractivity contribution < 1.29 is 22.4 Å². The molecule has 1 aromatic carbocycles. The first-order valence-electron chi connectivity index (χ1n) is 10.2. The molecule has 2 aromatic heterocycles. The Labute approximate surface area is 177 Å². The number of halogens is 3. The first-order valence-corrected chi connectivity index (χ1v) is 10.2. The molecule has 1 aliphatic heterocycles. The second-order valence-electron chi connectivity index (χ2n) is 7.74. The first-order chi connectivity index (χ1) is 14.9. The van der Waals surface area contributed by atoms with Gasteiger partial charge in [0.25, 0.3) is 6.43 Å². The third-order valence-electron chi connectivity index (χ3n) is 5.41. The minimum atomic E-state index is -2.70. The zero-order valence-electron chi connectivity index (χ0n) is 17.1. The number of amides is 1. The molecule has 9 heteroatoms. The molecule has 0 aliphatic carbocycles. The van der Waals surface area contributed by atoms with Gasteiger partial charge in [-0.25, -0.2) is 18.2 Å². The van der Waals surface area contributed by atoms with E-state index in [0.29, 0.717) is 36.7 Å². The topological polar surface area (TPSA) is 64.2 Å². The summed E-state index contributed by atoms with van der Waals surface area (Å²) in [5, 5.41) is 4.05. The number of likely N-dealkylation sites (tertiary alicyclic amines) is 1. The van der Waals surface area contributed by atoms with Crippen LogP contribution in [0.2, 0.25) is 0 Å². The fourth-order valence-corrected chi connectivity index (χ4v) is 3.94. The maximum atomic E-state index is 13.2. The summed E-state index contributed by atoms with van der Waals surface area (Å²) in [5.41, 5.74) is 1.06. The van der Waals surface area contributed by atoms with Crippen LogP contribution in [0.3, 0.4) is 0 Å². The minimum Gasteiger partial charge on any atom is -0.443 e. The Bertz CT molecular complexity index is 1050. The zero-order chi connectivity index (χ0) is 22.0. The third-order valence-corrected chi connectivity index (χ3v) is 5.41. The van der Waals surface area contributed by atoms with Crippen LogP contribution in [0.1, 0.15) is 60.3 Å². The number of carbonyl (C=O) groups excluding carboxylic acids is 1. The number of carbonyl (C=O) groups is 1. The highest BCUT2D eigenvalue weighted by Crippen LogP contribution is 2.31. The summed E-state index contributed by atoms with van der Waals surface area (Å²) >= 11 is 0. The number of piperidine rings is 1. The minimum absolute atomic E-state index is 0.257. The number of rotatable bonds is 6. The molecule has 3 heterocycles. The molecule has 0 bridgehead atoms. The van der Waals surface area contributed by atoms with Gasteiger partial charge in [0.2, 0.25) is 11.8 Å². The monoisotopic (exact) mass is 432 g/mol. The molecule has 1 atom stereocenters. The number of oxazole rings is 1. The Hall–Kier alpha value is -3.10. The van der Waals surface area contributed by atoms with E-state index in [2.05, 4.69) is 10.1 Å². The van der Waals surface area contributed by atoms with Crippen LogP contribution in [0.15, 0.2) is 40.9 Å². The predicted octanol–water partition coefficient (Wildman–Crippen LogP) is 4.60. The van der Waals surface area contributed by atoms with E-state index in [4.69, 9.17) is 4.42 Å². The molecule has 1 saturated heterocycles. The summed E-state index contributed by atoms with van der Waals surface area (Å²) in [5.74, 6) is 0.437. The van der Waals surface area contributed by atoms with Gasteiger partial charge < -0.3 is 9.32 Å². The van der Waals surface area contributed by atoms with Gasteiger partial charge in [-0.2, -0.15) is 5.10 Å². The second kappa shape index (κ2) is 8.95. The number of hydrogen-bond donors (Lipinski definition) is 0. The van der Waals surface area contributed by atoms with Crippen molar-refractivity contribution in [3.8, 4) is 0 Å². The van der Waals surface area contributed by atoms with Gasteiger partial charge in [0.05, 0.1) is 11.9 Å². The predicted molar refractivity (Wildman–Crippen MR) is 106 cm³/mol. The van der Waals surface area contributed by atoms with Crippen molar-refractivity contribution in [2.75, 3.05) is 6.54 Å². The van der Waals surface area contributed by atoms with Crippen LogP contribution in [0.25, 0.3) is 0 Å². The summed E-state index contributed by atoms with van der Waals surface area (Å²) in [6.45, 7) is 1.86. The molecule has 164 valence electrons. The van der Waals surface area contributed by atoms with Crippen molar-refractivity contribution in [1.29, 1.82) is 0 Å². The van der Waals surface area contributed by atoms with Crippen molar-refractivity contribution >= 4 is 5.91 Å². The molecular formula is C22H23F3N4O2. The van der Waals surface area contributed by atoms with Crippen LogP contribution in [-0.4, -0.2) is 32.1 Å². The lowest BCUT2D eigenvalue weighted by Crippen LogP contribution is -2.40. The summed E-state index contributed by atoms with van der Waals surface area (Å²) in [6.07, 6.45) is 1.78. The molecule has 0 spiro atoms. The van der Waals surface area contributed by atoms with Gasteiger partial charge in [-0.1, -0.05) is 12.1 Å². The molecule has 4 rings (SSSR count). The van der Waals surface area contributed by atoms with Gasteiger partial charge in [0, 0.05) is 13.0 Å². The molecule has 0 N–H and O–H groups in total. The molecule has 0 saturated carbocycles. The number of benzene rings is 1. The molecule has 1 amide bonds. The quantitative estimate of drug-likeness (QED) is 0.571. The molecule has 0 radical (unpaired) electrons. The van der Waals surface area contributed by atoms with Gasteiger partial charge in [-0.3, -0.25) is 9.48 Å². The second-order valence-corrected chi connectivity index (χ2v) is 7.74. The van der Waals surface area contributed by atoms with Crippen LogP contribution < -0.4 is 0 Å². The maximum absolute atomic E-state index is 13.2. The lowest BCUT2D eigenvalue weighted by atomic mass is 10.0. The van der Waals surface area contributed by atoms with Crippen molar-refractivity contribution in [2.24, 2.45) is 0 Å². The summed E-state index contributed by atoms with van der Waals surface area (Å²) in [4.78, 5) is 19.0. The lowest BCUT2D eigenvalue weighted by Gasteiger charge is -2.34. The van der Waals surface area contributed by atoms with E-state index in [1.165, 1.54) is 18.2 Å². The average Bonchev–Trinajstić information content (AvgIpc) is 3.36. The van der Waals surface area contributed by atoms with Gasteiger partial charge in [-0.05, 0) is 49.9 Å². The molecule has 6 nitrogen and oxygen atoms in total. The maximum Gasteiger partial charge on any atom is 0.280 e. The first kappa shape index (κ1) is 21.1. The highest BCUT2D eigenvalue weighted by Gasteiger charge is 2.32. The van der Waals surface area contributed by atoms with Crippen LogP contribution in [0.4, 0.5) is 13.2 Å². The van der Waals surface area contributed by atoms with Crippen LogP contribution >= 0.6 is 0 Å². The summed E-state index contributed by atoms with van der Waals surface area (Å²) in [7, 11) is 0. The van der Waals surface area contributed by atoms with Crippen molar-refractivity contribution in [2.45, 2.75) is 51.6 Å². The standard InChI is InChI=1S/C22H23F3N4O2/c1-14-10-19(21(24)25)29(27-14)13-20(30)28-9-3-2-4-18(28)22-26-12-17(31-22)11-15-5-7-16(23)8-6-15/h5-8,10,12,18,21H,2-4,9,11,13H2,1H3/t18-/m0/s1. The number of aromatic nitrogens is 3. The Morgan fingerprint density at radius 2 is 2.03 bits per heavy atom. The van der Waals surface area contributed by atoms with Gasteiger partial charge in [0.15, 0.2) is 0 Å². The van der Waals surface area contributed by atoms with Gasteiger partial charge >= 0.3 is 0 Å². The fourth-order valence-electron chi connectivity index (χ4n) is 3.94. The molecule has 1 fully saturated rings. The highest BCUT2D eigenvalue weighted by molar-refractivity contribution is 5.76. The molecular weight excluding hydrogens is 409 g/mol. The Morgan fingerprint density at radius 1 is 1.26 bits per heavy atom. The molecule has 31 heavy (non-hydrogen) atoms. The van der Waals surface area contributed by atoms with Crippen molar-refractivity contribution in [1.82, 2.24) is 19.7 Å². The molecule has 3 aromatic rings. The number of aryl methyl sites for hydroxylation is 1. The van der Waals surface area contributed by atoms with E-state index in [1.807, 2.05) is 0 Å². The normalized spacial score (nSPS) is 16.8. The van der Waals surface area contributed by atoms with Crippen LogP contribution in [0.5, 0.6) is 0 Å². The van der Waals surface area contributed by atoms with E-state index < -0.39 is 6.43 Å². The third kappa shape index (κ3) is 4.81. The fraction of sp³-hybridized carbons (Fsp3) is 0.409. The molecule has 0 unspecified atom stereocenters. The van der Waals surface area contributed by atoms with Crippen molar-refractivity contribution in [3.05, 3.63) is 70.9 Å². The number of alkyl halides is 2. The van der Waals surface area contributed by atoms with Crippen LogP contribution in [-0.2, 0) is 17.8 Å². The summed E-state index contributed by atoms with van der Waals surface area (Å²) in [6, 6.07) is 7.08. The van der Waals surface area contributed by atoms with Crippen molar-refractivity contribution in [3.63, 3.8) is 0 Å². The number of hydrogen-bond acceptors (Lipinski definition) is 4. The van der Waals surface area contributed by atoms with E-state index in [0.717, 1.165) is 23.1 Å². The Morgan fingerprint density at radius 3 is 2.77 bits per heavy atom. The van der Waals surface area contributed by atoms with E-state index in [9.17, 15) is 18.0 Å². The van der Waals surface area contributed by atoms with Crippen LogP contribution in [0, 0.1) is 12.7 Å². The Kier molecular flexibility index (Phi) is 6.11. The largest absolute Gasteiger partial charge is 0.443 e. The van der Waals surface area contributed by atoms with E-state index in [1.54, 1.807) is 30.2 Å². The van der Waals surface area contributed by atoms with Gasteiger partial charge in [0.1, 0.15) is 29.9 Å². The average molecular weight is 432 g/mol. The van der Waals surface area contributed by atoms with E-state index >= 15 is 0 Å². The van der Waals surface area contributed by atoms with Gasteiger partial charge in [-0.15, -0.1) is 0 Å².